The van der Waals surface area contributed by atoms with Crippen molar-refractivity contribution in [1.29, 1.82) is 0 Å². The van der Waals surface area contributed by atoms with Crippen molar-refractivity contribution in [2.24, 2.45) is 0 Å². The molecule has 1 aromatic heterocycles. The highest BCUT2D eigenvalue weighted by molar-refractivity contribution is 5.94. The molecule has 37 heavy (non-hydrogen) atoms. The summed E-state index contributed by atoms with van der Waals surface area (Å²) < 4.78 is 2.33. The molecule has 0 saturated carbocycles. The van der Waals surface area contributed by atoms with Crippen LogP contribution >= 0.6 is 0 Å². The highest BCUT2D eigenvalue weighted by atomic mass is 16.2. The van der Waals surface area contributed by atoms with Crippen molar-refractivity contribution < 1.29 is 4.79 Å². The first kappa shape index (κ1) is 23.2. The Bertz CT molecular complexity index is 1480. The van der Waals surface area contributed by atoms with E-state index in [0.29, 0.717) is 0 Å². The molecule has 1 aliphatic rings. The molecule has 0 N–H and O–H groups in total. The van der Waals surface area contributed by atoms with Gasteiger partial charge >= 0.3 is 0 Å². The zero-order valence-electron chi connectivity index (χ0n) is 20.8. The normalized spacial score (nSPS) is 14.2. The molecule has 184 valence electrons. The number of para-hydroxylation sites is 2. The Morgan fingerprint density at radius 1 is 0.649 bits per heavy atom. The Kier molecular flexibility index (Phi) is 6.53. The lowest BCUT2D eigenvalue weighted by molar-refractivity contribution is 0.0624. The number of amides is 1. The first-order chi connectivity index (χ1) is 18.2. The number of hydrogen-bond donors (Lipinski definition) is 0. The van der Waals surface area contributed by atoms with Gasteiger partial charge in [0.1, 0.15) is 5.82 Å². The van der Waals surface area contributed by atoms with Crippen molar-refractivity contribution in [3.8, 4) is 11.1 Å². The number of aromatic nitrogens is 2. The van der Waals surface area contributed by atoms with E-state index >= 15 is 0 Å². The zero-order chi connectivity index (χ0) is 25.0. The first-order valence-electron chi connectivity index (χ1n) is 12.9. The second kappa shape index (κ2) is 10.4. The number of imidazole rings is 1. The zero-order valence-corrected chi connectivity index (χ0v) is 20.8. The van der Waals surface area contributed by atoms with Gasteiger partial charge in [0.05, 0.1) is 17.6 Å². The standard InChI is InChI=1S/C32H30N4O/c37-32(28-17-15-27(16-18-28)26-11-5-2-6-12-26)35-21-19-34(20-22-35)24-31-33-29-13-7-8-14-30(29)36(31)23-25-9-3-1-4-10-25/h1-18H,19-24H2. The Morgan fingerprint density at radius 2 is 1.27 bits per heavy atom. The maximum atomic E-state index is 13.2. The number of carbonyl (C=O) groups is 1. The van der Waals surface area contributed by atoms with E-state index in [1.165, 1.54) is 5.56 Å². The number of carbonyl (C=O) groups excluding carboxylic acids is 1. The molecular weight excluding hydrogens is 456 g/mol. The summed E-state index contributed by atoms with van der Waals surface area (Å²) in [7, 11) is 0. The minimum absolute atomic E-state index is 0.107. The summed E-state index contributed by atoms with van der Waals surface area (Å²) in [5.41, 5.74) is 6.49. The van der Waals surface area contributed by atoms with Gasteiger partial charge in [-0.05, 0) is 41.0 Å². The van der Waals surface area contributed by atoms with Crippen LogP contribution in [0.4, 0.5) is 0 Å². The topological polar surface area (TPSA) is 41.4 Å². The summed E-state index contributed by atoms with van der Waals surface area (Å²) in [5.74, 6) is 1.18. The summed E-state index contributed by atoms with van der Waals surface area (Å²) >= 11 is 0. The molecule has 5 aromatic rings. The largest absolute Gasteiger partial charge is 0.336 e. The second-order valence-corrected chi connectivity index (χ2v) is 9.60. The Morgan fingerprint density at radius 3 is 2.00 bits per heavy atom. The van der Waals surface area contributed by atoms with Crippen molar-refractivity contribution in [2.75, 3.05) is 26.2 Å². The molecule has 1 fully saturated rings. The summed E-state index contributed by atoms with van der Waals surface area (Å²) in [6.07, 6.45) is 0. The molecule has 0 radical (unpaired) electrons. The van der Waals surface area contributed by atoms with Crippen LogP contribution in [0.3, 0.4) is 0 Å². The molecule has 1 saturated heterocycles. The van der Waals surface area contributed by atoms with Crippen LogP contribution in [0.5, 0.6) is 0 Å². The molecule has 1 aliphatic heterocycles. The molecule has 2 heterocycles. The average molecular weight is 487 g/mol. The van der Waals surface area contributed by atoms with Crippen LogP contribution in [0.15, 0.2) is 109 Å². The van der Waals surface area contributed by atoms with Crippen molar-refractivity contribution >= 4 is 16.9 Å². The van der Waals surface area contributed by atoms with Gasteiger partial charge in [-0.2, -0.15) is 0 Å². The third kappa shape index (κ3) is 5.04. The van der Waals surface area contributed by atoms with Crippen LogP contribution in [-0.2, 0) is 13.1 Å². The van der Waals surface area contributed by atoms with Crippen LogP contribution < -0.4 is 0 Å². The fourth-order valence-corrected chi connectivity index (χ4v) is 5.12. The minimum Gasteiger partial charge on any atom is -0.336 e. The lowest BCUT2D eigenvalue weighted by atomic mass is 10.0. The van der Waals surface area contributed by atoms with Crippen molar-refractivity contribution in [1.82, 2.24) is 19.4 Å². The molecular formula is C32H30N4O. The third-order valence-electron chi connectivity index (χ3n) is 7.18. The molecule has 1 amide bonds. The quantitative estimate of drug-likeness (QED) is 0.309. The lowest BCUT2D eigenvalue weighted by Crippen LogP contribution is -2.48. The smallest absolute Gasteiger partial charge is 0.253 e. The number of piperazine rings is 1. The van der Waals surface area contributed by atoms with Crippen LogP contribution in [0.1, 0.15) is 21.7 Å². The van der Waals surface area contributed by atoms with Gasteiger partial charge in [-0.25, -0.2) is 4.98 Å². The van der Waals surface area contributed by atoms with Gasteiger partial charge in [-0.15, -0.1) is 0 Å². The molecule has 5 heteroatoms. The highest BCUT2D eigenvalue weighted by Gasteiger charge is 2.24. The number of rotatable bonds is 6. The Labute approximate surface area is 217 Å². The second-order valence-electron chi connectivity index (χ2n) is 9.60. The monoisotopic (exact) mass is 486 g/mol. The van der Waals surface area contributed by atoms with E-state index in [0.717, 1.165) is 72.8 Å². The first-order valence-corrected chi connectivity index (χ1v) is 12.9. The van der Waals surface area contributed by atoms with Gasteiger partial charge in [0.15, 0.2) is 0 Å². The number of hydrogen-bond acceptors (Lipinski definition) is 3. The van der Waals surface area contributed by atoms with E-state index in [4.69, 9.17) is 4.98 Å². The molecule has 0 unspecified atom stereocenters. The minimum atomic E-state index is 0.107. The highest BCUT2D eigenvalue weighted by Crippen LogP contribution is 2.22. The van der Waals surface area contributed by atoms with Crippen LogP contribution in [-0.4, -0.2) is 51.4 Å². The van der Waals surface area contributed by atoms with E-state index in [-0.39, 0.29) is 5.91 Å². The Balaban J connectivity index is 1.12. The van der Waals surface area contributed by atoms with Gasteiger partial charge in [0, 0.05) is 38.3 Å². The summed E-state index contributed by atoms with van der Waals surface area (Å²) in [4.78, 5) is 22.5. The van der Waals surface area contributed by atoms with Crippen molar-refractivity contribution in [3.63, 3.8) is 0 Å². The van der Waals surface area contributed by atoms with E-state index < -0.39 is 0 Å². The van der Waals surface area contributed by atoms with Crippen molar-refractivity contribution in [2.45, 2.75) is 13.1 Å². The maximum Gasteiger partial charge on any atom is 0.253 e. The molecule has 0 bridgehead atoms. The van der Waals surface area contributed by atoms with E-state index in [2.05, 4.69) is 70.1 Å². The van der Waals surface area contributed by atoms with Gasteiger partial charge in [0.2, 0.25) is 0 Å². The molecule has 6 rings (SSSR count). The van der Waals surface area contributed by atoms with Gasteiger partial charge < -0.3 is 9.47 Å². The summed E-state index contributed by atoms with van der Waals surface area (Å²) in [6, 6.07) is 37.1. The maximum absolute atomic E-state index is 13.2. The molecule has 4 aromatic carbocycles. The van der Waals surface area contributed by atoms with Gasteiger partial charge in [0.25, 0.3) is 5.91 Å². The number of benzene rings is 4. The lowest BCUT2D eigenvalue weighted by Gasteiger charge is -2.34. The van der Waals surface area contributed by atoms with E-state index in [1.54, 1.807) is 0 Å². The van der Waals surface area contributed by atoms with Crippen LogP contribution in [0.25, 0.3) is 22.2 Å². The van der Waals surface area contributed by atoms with Crippen LogP contribution in [0.2, 0.25) is 0 Å². The Hall–Kier alpha value is -4.22. The van der Waals surface area contributed by atoms with E-state index in [9.17, 15) is 4.79 Å². The fourth-order valence-electron chi connectivity index (χ4n) is 5.12. The van der Waals surface area contributed by atoms with E-state index in [1.807, 2.05) is 53.4 Å². The predicted molar refractivity (Wildman–Crippen MR) is 148 cm³/mol. The molecule has 5 nitrogen and oxygen atoms in total. The van der Waals surface area contributed by atoms with Crippen LogP contribution in [0, 0.1) is 0 Å². The number of nitrogens with zero attached hydrogens (tertiary/aromatic N) is 4. The average Bonchev–Trinajstić information content (AvgIpc) is 3.30. The fraction of sp³-hybridized carbons (Fsp3) is 0.188. The molecule has 0 atom stereocenters. The summed E-state index contributed by atoms with van der Waals surface area (Å²) in [6.45, 7) is 4.69. The predicted octanol–water partition coefficient (Wildman–Crippen LogP) is 5.71. The third-order valence-corrected chi connectivity index (χ3v) is 7.18. The number of fused-ring (bicyclic) bond motifs is 1. The SMILES string of the molecule is O=C(c1ccc(-c2ccccc2)cc1)N1CCN(Cc2nc3ccccc3n2Cc2ccccc2)CC1. The van der Waals surface area contributed by atoms with Gasteiger partial charge in [-0.3, -0.25) is 9.69 Å². The van der Waals surface area contributed by atoms with Gasteiger partial charge in [-0.1, -0.05) is 84.9 Å². The van der Waals surface area contributed by atoms with Crippen molar-refractivity contribution in [3.05, 3.63) is 126 Å². The molecule has 0 spiro atoms. The summed E-state index contributed by atoms with van der Waals surface area (Å²) in [5, 5.41) is 0. The molecule has 0 aliphatic carbocycles.